The molecule has 2 rings (SSSR count). The molecule has 1 N–H and O–H groups in total. The molecule has 4 heteroatoms. The van der Waals surface area contributed by atoms with Gasteiger partial charge in [0.15, 0.2) is 11.6 Å². The number of aliphatic hydroxyl groups excluding tert-OH is 1. The first-order valence-electron chi connectivity index (χ1n) is 6.74. The first-order valence-corrected chi connectivity index (χ1v) is 6.74. The number of ether oxygens (including phenoxy) is 1. The van der Waals surface area contributed by atoms with Gasteiger partial charge in [0, 0.05) is 6.99 Å². The van der Waals surface area contributed by atoms with Crippen LogP contribution in [0.15, 0.2) is 12.1 Å². The van der Waals surface area contributed by atoms with Crippen molar-refractivity contribution in [3.63, 3.8) is 0 Å². The maximum absolute atomic E-state index is 13.9. The van der Waals surface area contributed by atoms with Gasteiger partial charge in [-0.1, -0.05) is 19.8 Å². The molecule has 0 spiro atoms. The summed E-state index contributed by atoms with van der Waals surface area (Å²) in [4.78, 5) is 0. The summed E-state index contributed by atoms with van der Waals surface area (Å²) in [5.41, 5.74) is 0.0397. The number of benzene rings is 1. The van der Waals surface area contributed by atoms with Crippen LogP contribution in [-0.4, -0.2) is 12.2 Å². The summed E-state index contributed by atoms with van der Waals surface area (Å²) in [7, 11) is 1.29. The van der Waals surface area contributed by atoms with Crippen LogP contribution in [0, 0.1) is 23.5 Å². The minimum absolute atomic E-state index is 0. The van der Waals surface area contributed by atoms with Gasteiger partial charge in [0.05, 0.1) is 13.2 Å². The highest BCUT2D eigenvalue weighted by atomic mass is 19.2. The molecule has 1 aromatic rings. The zero-order chi connectivity index (χ0) is 14.0. The first-order chi connectivity index (χ1) is 9.04. The monoisotopic (exact) mass is 272 g/mol. The minimum Gasteiger partial charge on any atom is -0.494 e. The third-order valence-corrected chi connectivity index (χ3v) is 4.12. The van der Waals surface area contributed by atoms with Crippen LogP contribution in [0.1, 0.15) is 45.7 Å². The molecule has 1 atom stereocenters. The maximum atomic E-state index is 13.9. The lowest BCUT2D eigenvalue weighted by atomic mass is 9.78. The lowest BCUT2D eigenvalue weighted by Gasteiger charge is -2.30. The molecule has 0 aliphatic heterocycles. The summed E-state index contributed by atoms with van der Waals surface area (Å²) in [5.74, 6) is -1.49. The van der Waals surface area contributed by atoms with Crippen LogP contribution in [0.3, 0.4) is 0 Å². The molecule has 0 radical (unpaired) electrons. The lowest BCUT2D eigenvalue weighted by Crippen LogP contribution is -2.20. The van der Waals surface area contributed by atoms with Crippen LogP contribution < -0.4 is 4.74 Å². The van der Waals surface area contributed by atoms with E-state index in [0.29, 0.717) is 5.92 Å². The van der Waals surface area contributed by atoms with E-state index in [0.717, 1.165) is 25.7 Å². The lowest BCUT2D eigenvalue weighted by molar-refractivity contribution is 0.0718. The fourth-order valence-corrected chi connectivity index (χ4v) is 2.79. The van der Waals surface area contributed by atoms with Crippen molar-refractivity contribution in [3.8, 4) is 5.75 Å². The molecule has 0 amide bonds. The van der Waals surface area contributed by atoms with Crippen LogP contribution in [0.4, 0.5) is 8.78 Å². The second-order valence-electron chi connectivity index (χ2n) is 5.45. The molecule has 1 unspecified atom stereocenters. The Morgan fingerprint density at radius 1 is 1.21 bits per heavy atom. The van der Waals surface area contributed by atoms with E-state index in [1.807, 2.05) is 0 Å². The minimum atomic E-state index is -1.02. The fourth-order valence-electron chi connectivity index (χ4n) is 2.79. The van der Waals surface area contributed by atoms with E-state index in [1.165, 1.54) is 19.2 Å². The average molecular weight is 272 g/mol. The molecule has 0 saturated heterocycles. The molecule has 1 aromatic carbocycles. The summed E-state index contributed by atoms with van der Waals surface area (Å²) in [6.07, 6.45) is 2.84. The number of rotatable bonds is 3. The van der Waals surface area contributed by atoms with Gasteiger partial charge in [-0.15, -0.1) is 0 Å². The van der Waals surface area contributed by atoms with Gasteiger partial charge in [0.2, 0.25) is 5.82 Å². The Morgan fingerprint density at radius 3 is 2.42 bits per heavy atom. The van der Waals surface area contributed by atoms with Gasteiger partial charge in [-0.2, -0.15) is 4.39 Å². The van der Waals surface area contributed by atoms with Gasteiger partial charge in [-0.3, -0.25) is 0 Å². The van der Waals surface area contributed by atoms with Crippen molar-refractivity contribution < 1.29 is 20.1 Å². The average Bonchev–Trinajstić information content (AvgIpc) is 2.42. The molecule has 0 aromatic heterocycles. The summed E-state index contributed by atoms with van der Waals surface area (Å²) in [6.45, 7) is 2.18. The van der Waals surface area contributed by atoms with Crippen molar-refractivity contribution in [3.05, 3.63) is 29.3 Å². The molecule has 19 heavy (non-hydrogen) atoms. The summed E-state index contributed by atoms with van der Waals surface area (Å²) in [5, 5.41) is 10.3. The molecule has 1 aliphatic carbocycles. The molecule has 108 valence electrons. The van der Waals surface area contributed by atoms with Crippen LogP contribution in [0.2, 0.25) is 0 Å². The molecule has 1 saturated carbocycles. The normalized spacial score (nSPS) is 25.1. The van der Waals surface area contributed by atoms with E-state index in [2.05, 4.69) is 6.92 Å². The van der Waals surface area contributed by atoms with E-state index in [4.69, 9.17) is 4.74 Å². The highest BCUT2D eigenvalue weighted by molar-refractivity contribution is 5.32. The quantitative estimate of drug-likeness (QED) is 0.898. The van der Waals surface area contributed by atoms with Gasteiger partial charge < -0.3 is 9.84 Å². The van der Waals surface area contributed by atoms with E-state index < -0.39 is 17.7 Å². The van der Waals surface area contributed by atoms with E-state index >= 15 is 0 Å². The van der Waals surface area contributed by atoms with Gasteiger partial charge in [0.1, 0.15) is 0 Å². The molecule has 0 bridgehead atoms. The van der Waals surface area contributed by atoms with E-state index in [1.54, 1.807) is 0 Å². The highest BCUT2D eigenvalue weighted by Gasteiger charge is 2.29. The molecular formula is C15H22F2O2. The Hall–Kier alpha value is -1.16. The van der Waals surface area contributed by atoms with Gasteiger partial charge >= 0.3 is 0 Å². The Labute approximate surface area is 113 Å². The Balaban J connectivity index is 0.00000200. The third-order valence-electron chi connectivity index (χ3n) is 4.12. The predicted octanol–water partition coefficient (Wildman–Crippen LogP) is 4.08. The van der Waals surface area contributed by atoms with E-state index in [-0.39, 0.29) is 18.7 Å². The van der Waals surface area contributed by atoms with Crippen molar-refractivity contribution in [2.75, 3.05) is 7.11 Å². The van der Waals surface area contributed by atoms with Crippen molar-refractivity contribution in [2.45, 2.75) is 38.7 Å². The van der Waals surface area contributed by atoms with E-state index in [9.17, 15) is 13.9 Å². The molecule has 1 fully saturated rings. The first kappa shape index (κ1) is 14.3. The maximum Gasteiger partial charge on any atom is 0.200 e. The summed E-state index contributed by atoms with van der Waals surface area (Å²) >= 11 is 0. The molecule has 1 aliphatic rings. The second kappa shape index (κ2) is 5.87. The Kier molecular flexibility index (Phi) is 4.40. The SMILES string of the molecule is COc1ccc(C(O)C2CCC(C)CC2)c(F)c1F.[HH]. The predicted molar refractivity (Wildman–Crippen MR) is 71.1 cm³/mol. The van der Waals surface area contributed by atoms with Gasteiger partial charge in [0.25, 0.3) is 0 Å². The summed E-state index contributed by atoms with van der Waals surface area (Å²) < 4.78 is 32.3. The Bertz CT molecular complexity index is 446. The number of aliphatic hydroxyl groups is 1. The number of methoxy groups -OCH3 is 1. The van der Waals surface area contributed by atoms with Crippen molar-refractivity contribution in [1.29, 1.82) is 0 Å². The van der Waals surface area contributed by atoms with Gasteiger partial charge in [-0.05, 0) is 36.8 Å². The second-order valence-corrected chi connectivity index (χ2v) is 5.45. The van der Waals surface area contributed by atoms with Crippen LogP contribution in [0.5, 0.6) is 5.75 Å². The zero-order valence-electron chi connectivity index (χ0n) is 11.3. The zero-order valence-corrected chi connectivity index (χ0v) is 11.3. The number of hydrogen-bond donors (Lipinski definition) is 1. The molecule has 0 heterocycles. The topological polar surface area (TPSA) is 29.5 Å². The number of halogens is 2. The molecule has 2 nitrogen and oxygen atoms in total. The number of hydrogen-bond acceptors (Lipinski definition) is 2. The largest absolute Gasteiger partial charge is 0.494 e. The van der Waals surface area contributed by atoms with Crippen LogP contribution in [-0.2, 0) is 0 Å². The van der Waals surface area contributed by atoms with Crippen molar-refractivity contribution in [1.82, 2.24) is 0 Å². The Morgan fingerprint density at radius 2 is 1.84 bits per heavy atom. The van der Waals surface area contributed by atoms with Crippen LogP contribution >= 0.6 is 0 Å². The smallest absolute Gasteiger partial charge is 0.200 e. The van der Waals surface area contributed by atoms with Crippen molar-refractivity contribution in [2.24, 2.45) is 11.8 Å². The standard InChI is InChI=1S/C15H20F2O2.H2/c1-9-3-5-10(6-4-9)15(18)11-7-8-12(19-2)14(17)13(11)16;/h7-10,15,18H,3-6H2,1-2H3;1H. The highest BCUT2D eigenvalue weighted by Crippen LogP contribution is 2.38. The summed E-state index contributed by atoms with van der Waals surface area (Å²) in [6, 6.07) is 2.78. The third kappa shape index (κ3) is 2.89. The fraction of sp³-hybridized carbons (Fsp3) is 0.600. The molecular weight excluding hydrogens is 250 g/mol. The van der Waals surface area contributed by atoms with Crippen molar-refractivity contribution >= 4 is 0 Å². The van der Waals surface area contributed by atoms with Gasteiger partial charge in [-0.25, -0.2) is 4.39 Å². The van der Waals surface area contributed by atoms with Crippen LogP contribution in [0.25, 0.3) is 0 Å².